The number of rotatable bonds is 5. The first-order chi connectivity index (χ1) is 11.9. The molecular weight excluding hydrogens is 364 g/mol. The van der Waals surface area contributed by atoms with Crippen molar-refractivity contribution in [3.05, 3.63) is 35.3 Å². The quantitative estimate of drug-likeness (QED) is 0.724. The van der Waals surface area contributed by atoms with Crippen LogP contribution in [0, 0.1) is 13.8 Å². The summed E-state index contributed by atoms with van der Waals surface area (Å²) >= 11 is 1.66. The fourth-order valence-corrected chi connectivity index (χ4v) is 4.41. The molecule has 0 saturated carbocycles. The summed E-state index contributed by atoms with van der Waals surface area (Å²) in [7, 11) is -3.78. The number of fused-ring (bicyclic) bond motifs is 1. The first-order valence-corrected chi connectivity index (χ1v) is 10.1. The molecule has 0 spiro atoms. The standard InChI is InChI=1S/C15H16N4O4S2/c1-9-10(2)18-23-14(9)12-3-4-13(22-12)25(20,21)16-7-11-8-19-5-6-24-15(19)17-11/h3-4,8,16H,5-7H2,1-2H3. The van der Waals surface area contributed by atoms with E-state index >= 15 is 0 Å². The van der Waals surface area contributed by atoms with E-state index in [0.717, 1.165) is 28.7 Å². The molecule has 1 aliphatic rings. The molecule has 1 N–H and O–H groups in total. The minimum Gasteiger partial charge on any atom is -0.440 e. The second kappa shape index (κ2) is 6.04. The van der Waals surface area contributed by atoms with Gasteiger partial charge in [0, 0.05) is 24.1 Å². The predicted octanol–water partition coefficient (Wildman–Crippen LogP) is 2.33. The molecule has 0 saturated heterocycles. The summed E-state index contributed by atoms with van der Waals surface area (Å²) in [6, 6.07) is 2.96. The second-order valence-corrected chi connectivity index (χ2v) is 8.48. The molecule has 0 radical (unpaired) electrons. The van der Waals surface area contributed by atoms with Gasteiger partial charge in [-0.05, 0) is 26.0 Å². The molecule has 0 aromatic carbocycles. The summed E-state index contributed by atoms with van der Waals surface area (Å²) in [5.74, 6) is 1.77. The molecule has 0 aliphatic carbocycles. The van der Waals surface area contributed by atoms with Crippen LogP contribution in [0.5, 0.6) is 0 Å². The van der Waals surface area contributed by atoms with E-state index in [0.29, 0.717) is 17.2 Å². The van der Waals surface area contributed by atoms with Gasteiger partial charge in [-0.2, -0.15) is 0 Å². The van der Waals surface area contributed by atoms with Gasteiger partial charge in [-0.3, -0.25) is 0 Å². The number of thioether (sulfide) groups is 1. The van der Waals surface area contributed by atoms with Gasteiger partial charge in [-0.1, -0.05) is 16.9 Å². The van der Waals surface area contributed by atoms with E-state index in [1.807, 2.05) is 24.6 Å². The molecule has 1 aliphatic heterocycles. The van der Waals surface area contributed by atoms with Gasteiger partial charge in [0.05, 0.1) is 17.9 Å². The highest BCUT2D eigenvalue weighted by Crippen LogP contribution is 2.29. The largest absolute Gasteiger partial charge is 0.440 e. The van der Waals surface area contributed by atoms with E-state index < -0.39 is 10.0 Å². The van der Waals surface area contributed by atoms with Crippen molar-refractivity contribution in [3.8, 4) is 11.5 Å². The van der Waals surface area contributed by atoms with Crippen LogP contribution in [0.1, 0.15) is 17.0 Å². The molecule has 4 heterocycles. The molecule has 0 unspecified atom stereocenters. The van der Waals surface area contributed by atoms with Crippen LogP contribution in [-0.4, -0.2) is 28.9 Å². The Hall–Kier alpha value is -2.04. The highest BCUT2D eigenvalue weighted by molar-refractivity contribution is 7.99. The van der Waals surface area contributed by atoms with Gasteiger partial charge in [-0.25, -0.2) is 18.1 Å². The van der Waals surface area contributed by atoms with Crippen molar-refractivity contribution in [3.63, 3.8) is 0 Å². The molecular formula is C15H16N4O4S2. The number of hydrogen-bond acceptors (Lipinski definition) is 7. The van der Waals surface area contributed by atoms with Gasteiger partial charge in [-0.15, -0.1) is 0 Å². The predicted molar refractivity (Wildman–Crippen MR) is 90.7 cm³/mol. The summed E-state index contributed by atoms with van der Waals surface area (Å²) < 4.78 is 40.0. The Morgan fingerprint density at radius 1 is 1.36 bits per heavy atom. The number of furan rings is 1. The summed E-state index contributed by atoms with van der Waals surface area (Å²) in [4.78, 5) is 4.40. The fourth-order valence-electron chi connectivity index (χ4n) is 2.52. The maximum atomic E-state index is 12.4. The van der Waals surface area contributed by atoms with Crippen LogP contribution in [0.25, 0.3) is 11.5 Å². The molecule has 0 bridgehead atoms. The summed E-state index contributed by atoms with van der Waals surface area (Å²) in [6.07, 6.45) is 1.87. The molecule has 10 heteroatoms. The number of hydrogen-bond donors (Lipinski definition) is 1. The average molecular weight is 380 g/mol. The van der Waals surface area contributed by atoms with Crippen molar-refractivity contribution in [1.29, 1.82) is 0 Å². The van der Waals surface area contributed by atoms with E-state index in [4.69, 9.17) is 8.94 Å². The van der Waals surface area contributed by atoms with Crippen LogP contribution in [0.15, 0.2) is 37.5 Å². The third-order valence-corrected chi connectivity index (χ3v) is 6.27. The lowest BCUT2D eigenvalue weighted by atomic mass is 10.2. The average Bonchev–Trinajstić information content (AvgIpc) is 3.31. The monoisotopic (exact) mass is 380 g/mol. The molecule has 3 aromatic rings. The lowest BCUT2D eigenvalue weighted by Crippen LogP contribution is -2.23. The van der Waals surface area contributed by atoms with Crippen LogP contribution in [0.3, 0.4) is 0 Å². The topological polar surface area (TPSA) is 103 Å². The molecule has 132 valence electrons. The van der Waals surface area contributed by atoms with E-state index in [9.17, 15) is 8.42 Å². The molecule has 4 rings (SSSR count). The van der Waals surface area contributed by atoms with Gasteiger partial charge >= 0.3 is 0 Å². The number of aromatic nitrogens is 3. The number of nitrogens with one attached hydrogen (secondary N) is 1. The molecule has 25 heavy (non-hydrogen) atoms. The van der Waals surface area contributed by atoms with Gasteiger partial charge in [0.1, 0.15) is 0 Å². The van der Waals surface area contributed by atoms with Crippen LogP contribution in [0.2, 0.25) is 0 Å². The zero-order chi connectivity index (χ0) is 17.6. The van der Waals surface area contributed by atoms with Crippen LogP contribution < -0.4 is 4.72 Å². The first kappa shape index (κ1) is 16.4. The van der Waals surface area contributed by atoms with E-state index in [2.05, 4.69) is 14.9 Å². The Kier molecular flexibility index (Phi) is 3.97. The van der Waals surface area contributed by atoms with Gasteiger partial charge in [0.15, 0.2) is 10.9 Å². The molecule has 0 atom stereocenters. The Morgan fingerprint density at radius 3 is 2.92 bits per heavy atom. The minimum absolute atomic E-state index is 0.110. The molecule has 8 nitrogen and oxygen atoms in total. The highest BCUT2D eigenvalue weighted by atomic mass is 32.2. The Bertz CT molecular complexity index is 1010. The number of nitrogens with zero attached hydrogens (tertiary/aromatic N) is 3. The maximum absolute atomic E-state index is 12.4. The summed E-state index contributed by atoms with van der Waals surface area (Å²) in [5, 5.41) is 4.60. The van der Waals surface area contributed by atoms with Crippen molar-refractivity contribution < 1.29 is 17.4 Å². The minimum atomic E-state index is -3.78. The third-order valence-electron chi connectivity index (χ3n) is 4.02. The fraction of sp³-hybridized carbons (Fsp3) is 0.333. The van der Waals surface area contributed by atoms with Crippen molar-refractivity contribution in [1.82, 2.24) is 19.4 Å². The van der Waals surface area contributed by atoms with Gasteiger partial charge in [0.25, 0.3) is 10.0 Å². The Labute approximate surface area is 148 Å². The Balaban J connectivity index is 1.51. The zero-order valence-electron chi connectivity index (χ0n) is 13.6. The van der Waals surface area contributed by atoms with Crippen molar-refractivity contribution in [2.75, 3.05) is 5.75 Å². The van der Waals surface area contributed by atoms with E-state index in [1.165, 1.54) is 6.07 Å². The normalized spacial score (nSPS) is 14.2. The molecule has 3 aromatic heterocycles. The highest BCUT2D eigenvalue weighted by Gasteiger charge is 2.23. The zero-order valence-corrected chi connectivity index (χ0v) is 15.3. The van der Waals surface area contributed by atoms with Gasteiger partial charge < -0.3 is 13.5 Å². The lowest BCUT2D eigenvalue weighted by Gasteiger charge is -2.02. The molecule has 0 fully saturated rings. The van der Waals surface area contributed by atoms with E-state index in [1.54, 1.807) is 17.8 Å². The van der Waals surface area contributed by atoms with Crippen LogP contribution in [-0.2, 0) is 23.1 Å². The summed E-state index contributed by atoms with van der Waals surface area (Å²) in [5.41, 5.74) is 2.23. The van der Waals surface area contributed by atoms with Crippen LogP contribution in [0.4, 0.5) is 0 Å². The smallest absolute Gasteiger partial charge is 0.274 e. The number of imidazole rings is 1. The maximum Gasteiger partial charge on any atom is 0.274 e. The lowest BCUT2D eigenvalue weighted by molar-refractivity contribution is 0.397. The molecule has 0 amide bonds. The second-order valence-electron chi connectivity index (χ2n) is 5.72. The van der Waals surface area contributed by atoms with E-state index in [-0.39, 0.29) is 11.6 Å². The Morgan fingerprint density at radius 2 is 2.20 bits per heavy atom. The third kappa shape index (κ3) is 3.00. The van der Waals surface area contributed by atoms with Gasteiger partial charge in [0.2, 0.25) is 10.9 Å². The van der Waals surface area contributed by atoms with Crippen LogP contribution >= 0.6 is 11.8 Å². The van der Waals surface area contributed by atoms with Crippen molar-refractivity contribution in [2.24, 2.45) is 0 Å². The first-order valence-electron chi connectivity index (χ1n) is 7.65. The SMILES string of the molecule is Cc1noc(-c2ccc(S(=O)(=O)NCc3cn4c(n3)SCC4)o2)c1C. The van der Waals surface area contributed by atoms with Crippen molar-refractivity contribution >= 4 is 21.8 Å². The number of aryl methyl sites for hydroxylation is 2. The summed E-state index contributed by atoms with van der Waals surface area (Å²) in [6.45, 7) is 4.66. The van der Waals surface area contributed by atoms with Crippen molar-refractivity contribution in [2.45, 2.75) is 37.2 Å². The number of sulfonamides is 1.